The van der Waals surface area contributed by atoms with Crippen molar-refractivity contribution < 1.29 is 4.74 Å². The number of rotatable bonds is 6. The molecule has 2 aromatic rings. The van der Waals surface area contributed by atoms with Gasteiger partial charge in [-0.3, -0.25) is 0 Å². The van der Waals surface area contributed by atoms with Crippen LogP contribution in [0.2, 0.25) is 0 Å². The molecule has 2 aromatic heterocycles. The Morgan fingerprint density at radius 3 is 2.70 bits per heavy atom. The van der Waals surface area contributed by atoms with Gasteiger partial charge < -0.3 is 9.64 Å². The molecule has 0 N–H and O–H groups in total. The quantitative estimate of drug-likeness (QED) is 0.819. The van der Waals surface area contributed by atoms with Crippen LogP contribution >= 0.6 is 11.3 Å². The molecule has 0 aromatic carbocycles. The van der Waals surface area contributed by atoms with E-state index in [1.54, 1.807) is 11.3 Å². The fourth-order valence-electron chi connectivity index (χ4n) is 1.80. The van der Waals surface area contributed by atoms with Crippen LogP contribution in [0.4, 0.5) is 5.95 Å². The normalized spacial score (nSPS) is 12.4. The summed E-state index contributed by atoms with van der Waals surface area (Å²) in [5.41, 5.74) is 2.08. The van der Waals surface area contributed by atoms with Gasteiger partial charge in [-0.1, -0.05) is 0 Å². The van der Waals surface area contributed by atoms with Crippen molar-refractivity contribution in [3.63, 3.8) is 0 Å². The van der Waals surface area contributed by atoms with Crippen LogP contribution in [0, 0.1) is 6.92 Å². The Morgan fingerprint density at radius 1 is 1.35 bits per heavy atom. The Labute approximate surface area is 123 Å². The van der Waals surface area contributed by atoms with Crippen molar-refractivity contribution in [3.8, 4) is 0 Å². The first-order chi connectivity index (χ1) is 9.60. The molecule has 2 heterocycles. The molecular formula is C14H20N4OS. The van der Waals surface area contributed by atoms with E-state index in [-0.39, 0.29) is 6.10 Å². The monoisotopic (exact) mass is 292 g/mol. The molecule has 0 spiro atoms. The van der Waals surface area contributed by atoms with Crippen LogP contribution < -0.4 is 4.90 Å². The van der Waals surface area contributed by atoms with Crippen LogP contribution in [0.15, 0.2) is 17.8 Å². The zero-order valence-electron chi connectivity index (χ0n) is 12.3. The van der Waals surface area contributed by atoms with E-state index >= 15 is 0 Å². The van der Waals surface area contributed by atoms with Gasteiger partial charge in [-0.05, 0) is 26.3 Å². The van der Waals surface area contributed by atoms with Crippen LogP contribution in [-0.4, -0.2) is 28.6 Å². The molecule has 2 rings (SSSR count). The minimum absolute atomic E-state index is 0.0553. The summed E-state index contributed by atoms with van der Waals surface area (Å²) in [6, 6.07) is 0. The fraction of sp³-hybridized carbons (Fsp3) is 0.500. The van der Waals surface area contributed by atoms with Crippen molar-refractivity contribution in [2.24, 2.45) is 0 Å². The van der Waals surface area contributed by atoms with Gasteiger partial charge in [-0.15, -0.1) is 11.3 Å². The molecule has 0 aliphatic rings. The van der Waals surface area contributed by atoms with E-state index in [2.05, 4.69) is 20.3 Å². The molecule has 1 unspecified atom stereocenters. The molecule has 0 radical (unpaired) electrons. The summed E-state index contributed by atoms with van der Waals surface area (Å²) in [5.74, 6) is 0.711. The van der Waals surface area contributed by atoms with E-state index in [0.717, 1.165) is 16.3 Å². The first-order valence-corrected chi connectivity index (χ1v) is 7.53. The maximum absolute atomic E-state index is 5.55. The van der Waals surface area contributed by atoms with E-state index in [0.29, 0.717) is 19.1 Å². The van der Waals surface area contributed by atoms with Gasteiger partial charge in [0.1, 0.15) is 11.1 Å². The Kier molecular flexibility index (Phi) is 5.03. The first kappa shape index (κ1) is 14.9. The highest BCUT2D eigenvalue weighted by molar-refractivity contribution is 7.09. The summed E-state index contributed by atoms with van der Waals surface area (Å²) in [7, 11) is 1.97. The molecule has 5 nitrogen and oxygen atoms in total. The summed E-state index contributed by atoms with van der Waals surface area (Å²) in [5, 5.41) is 3.08. The highest BCUT2D eigenvalue weighted by Crippen LogP contribution is 2.22. The van der Waals surface area contributed by atoms with Crippen molar-refractivity contribution in [1.82, 2.24) is 15.0 Å². The molecular weight excluding hydrogens is 272 g/mol. The average Bonchev–Trinajstić information content (AvgIpc) is 2.88. The molecule has 0 fully saturated rings. The van der Waals surface area contributed by atoms with Gasteiger partial charge in [-0.2, -0.15) is 0 Å². The maximum Gasteiger partial charge on any atom is 0.225 e. The molecule has 108 valence electrons. The van der Waals surface area contributed by atoms with Gasteiger partial charge in [-0.25, -0.2) is 15.0 Å². The minimum atomic E-state index is 0.0553. The maximum atomic E-state index is 5.55. The molecule has 0 saturated heterocycles. The second-order valence-electron chi connectivity index (χ2n) is 4.69. The zero-order valence-corrected chi connectivity index (χ0v) is 13.1. The smallest absolute Gasteiger partial charge is 0.225 e. The van der Waals surface area contributed by atoms with Crippen LogP contribution in [0.1, 0.15) is 36.2 Å². The fourth-order valence-corrected chi connectivity index (χ4v) is 2.61. The Bertz CT molecular complexity index is 540. The molecule has 1 atom stereocenters. The zero-order chi connectivity index (χ0) is 14.5. The van der Waals surface area contributed by atoms with Crippen molar-refractivity contribution in [2.45, 2.75) is 33.4 Å². The Hall–Kier alpha value is -1.53. The van der Waals surface area contributed by atoms with E-state index in [4.69, 9.17) is 4.74 Å². The summed E-state index contributed by atoms with van der Waals surface area (Å²) in [6.45, 7) is 7.39. The Balaban J connectivity index is 2.01. The van der Waals surface area contributed by atoms with E-state index in [1.165, 1.54) is 0 Å². The predicted molar refractivity (Wildman–Crippen MR) is 81.0 cm³/mol. The standard InChI is InChI=1S/C14H20N4OS/c1-5-19-11(3)13-17-12(9-20-13)8-18(4)14-15-6-10(2)7-16-14/h6-7,9,11H,5,8H2,1-4H3. The number of nitrogens with zero attached hydrogens (tertiary/aromatic N) is 4. The van der Waals surface area contributed by atoms with Crippen molar-refractivity contribution in [2.75, 3.05) is 18.6 Å². The van der Waals surface area contributed by atoms with E-state index in [1.807, 2.05) is 45.1 Å². The lowest BCUT2D eigenvalue weighted by molar-refractivity contribution is 0.0761. The number of hydrogen-bond acceptors (Lipinski definition) is 6. The third-order valence-corrected chi connectivity index (χ3v) is 3.90. The summed E-state index contributed by atoms with van der Waals surface area (Å²) < 4.78 is 5.55. The molecule has 0 aliphatic heterocycles. The number of thiazole rings is 1. The lowest BCUT2D eigenvalue weighted by Gasteiger charge is -2.15. The van der Waals surface area contributed by atoms with Gasteiger partial charge in [0.15, 0.2) is 0 Å². The highest BCUT2D eigenvalue weighted by Gasteiger charge is 2.12. The van der Waals surface area contributed by atoms with Gasteiger partial charge in [0.2, 0.25) is 5.95 Å². The number of ether oxygens (including phenoxy) is 1. The third-order valence-electron chi connectivity index (χ3n) is 2.84. The van der Waals surface area contributed by atoms with Crippen LogP contribution in [0.3, 0.4) is 0 Å². The lowest BCUT2D eigenvalue weighted by Crippen LogP contribution is -2.19. The lowest BCUT2D eigenvalue weighted by atomic mass is 10.4. The second-order valence-corrected chi connectivity index (χ2v) is 5.58. The minimum Gasteiger partial charge on any atom is -0.372 e. The number of anilines is 1. The first-order valence-electron chi connectivity index (χ1n) is 6.65. The van der Waals surface area contributed by atoms with Gasteiger partial charge in [0.05, 0.1) is 12.2 Å². The van der Waals surface area contributed by atoms with E-state index in [9.17, 15) is 0 Å². The highest BCUT2D eigenvalue weighted by atomic mass is 32.1. The summed E-state index contributed by atoms with van der Waals surface area (Å²) >= 11 is 1.63. The van der Waals surface area contributed by atoms with Crippen molar-refractivity contribution in [3.05, 3.63) is 34.0 Å². The predicted octanol–water partition coefficient (Wildman–Crippen LogP) is 2.98. The van der Waals surface area contributed by atoms with Crippen LogP contribution in [0.25, 0.3) is 0 Å². The number of aryl methyl sites for hydroxylation is 1. The summed E-state index contributed by atoms with van der Waals surface area (Å²) in [4.78, 5) is 15.2. The molecule has 20 heavy (non-hydrogen) atoms. The molecule has 0 amide bonds. The third kappa shape index (κ3) is 3.74. The van der Waals surface area contributed by atoms with Gasteiger partial charge >= 0.3 is 0 Å². The largest absolute Gasteiger partial charge is 0.372 e. The molecule has 0 bridgehead atoms. The SMILES string of the molecule is CCOC(C)c1nc(CN(C)c2ncc(C)cn2)cs1. The Morgan fingerprint density at radius 2 is 2.05 bits per heavy atom. The molecule has 0 aliphatic carbocycles. The molecule has 6 heteroatoms. The van der Waals surface area contributed by atoms with Crippen molar-refractivity contribution >= 4 is 17.3 Å². The average molecular weight is 292 g/mol. The van der Waals surface area contributed by atoms with Gasteiger partial charge in [0, 0.05) is 31.4 Å². The van der Waals surface area contributed by atoms with Crippen LogP contribution in [-0.2, 0) is 11.3 Å². The van der Waals surface area contributed by atoms with Crippen molar-refractivity contribution in [1.29, 1.82) is 0 Å². The molecule has 0 saturated carbocycles. The van der Waals surface area contributed by atoms with Gasteiger partial charge in [0.25, 0.3) is 0 Å². The topological polar surface area (TPSA) is 51.1 Å². The number of aromatic nitrogens is 3. The second kappa shape index (κ2) is 6.76. The van der Waals surface area contributed by atoms with E-state index < -0.39 is 0 Å². The van der Waals surface area contributed by atoms with Crippen LogP contribution in [0.5, 0.6) is 0 Å². The summed E-state index contributed by atoms with van der Waals surface area (Å²) in [6.07, 6.45) is 3.70. The number of hydrogen-bond donors (Lipinski definition) is 0.